The Hall–Kier alpha value is -4.16. The van der Waals surface area contributed by atoms with E-state index in [1.54, 1.807) is 37.3 Å². The van der Waals surface area contributed by atoms with Gasteiger partial charge in [-0.05, 0) is 63.1 Å². The SMILES string of the molecule is CCOc1cc([C@H]2NC(=O)NC(C)=C2C(=O)OC)ccc1OC[C@H](O)N/N=C\c1cc(Cl)c(OCC)c(OCC)c1. The lowest BCUT2D eigenvalue weighted by molar-refractivity contribution is -0.136. The molecule has 0 fully saturated rings. The highest BCUT2D eigenvalue weighted by molar-refractivity contribution is 6.32. The Morgan fingerprint density at radius 1 is 1.07 bits per heavy atom. The first kappa shape index (κ1) is 31.4. The predicted molar refractivity (Wildman–Crippen MR) is 153 cm³/mol. The standard InChI is InChI=1S/C28H35ClN4O8/c1-6-38-21-13-18(25-24(27(35)37-5)16(4)31-28(36)32-25)9-10-20(21)41-15-23(34)33-30-14-17-11-19(29)26(40-8-3)22(12-17)39-7-2/h9-14,23,25,33-34H,6-8,15H2,1-5H3,(H2,31,32,36)/b30-14-/t23-,25+/m0/s1. The number of nitrogens with zero attached hydrogens (tertiary/aromatic N) is 1. The molecule has 2 amide bonds. The van der Waals surface area contributed by atoms with Gasteiger partial charge in [0.05, 0.1) is 49.8 Å². The number of amides is 2. The van der Waals surface area contributed by atoms with Crippen LogP contribution in [-0.2, 0) is 9.53 Å². The van der Waals surface area contributed by atoms with Crippen molar-refractivity contribution in [3.63, 3.8) is 0 Å². The summed E-state index contributed by atoms with van der Waals surface area (Å²) in [7, 11) is 1.27. The summed E-state index contributed by atoms with van der Waals surface area (Å²) in [5.41, 5.74) is 4.47. The minimum absolute atomic E-state index is 0.165. The minimum atomic E-state index is -1.16. The van der Waals surface area contributed by atoms with Crippen LogP contribution < -0.4 is 35.0 Å². The molecular weight excluding hydrogens is 556 g/mol. The number of hydrazone groups is 1. The first-order valence-corrected chi connectivity index (χ1v) is 13.4. The summed E-state index contributed by atoms with van der Waals surface area (Å²) in [6.07, 6.45) is 0.320. The Morgan fingerprint density at radius 2 is 1.78 bits per heavy atom. The van der Waals surface area contributed by atoms with Crippen molar-refractivity contribution in [2.45, 2.75) is 40.0 Å². The van der Waals surface area contributed by atoms with Crippen LogP contribution in [0.15, 0.2) is 46.7 Å². The van der Waals surface area contributed by atoms with E-state index in [1.807, 2.05) is 20.8 Å². The zero-order valence-corrected chi connectivity index (χ0v) is 24.3. The van der Waals surface area contributed by atoms with Gasteiger partial charge in [-0.1, -0.05) is 17.7 Å². The molecule has 41 heavy (non-hydrogen) atoms. The number of allylic oxidation sites excluding steroid dienone is 1. The maximum atomic E-state index is 12.4. The van der Waals surface area contributed by atoms with Crippen molar-refractivity contribution in [2.75, 3.05) is 33.5 Å². The molecule has 2 aromatic carbocycles. The smallest absolute Gasteiger partial charge is 0.337 e. The van der Waals surface area contributed by atoms with Crippen molar-refractivity contribution in [2.24, 2.45) is 5.10 Å². The van der Waals surface area contributed by atoms with Crippen molar-refractivity contribution in [1.29, 1.82) is 0 Å². The summed E-state index contributed by atoms with van der Waals surface area (Å²) in [5, 5.41) is 20.1. The number of urea groups is 1. The molecule has 1 aliphatic rings. The number of benzene rings is 2. The highest BCUT2D eigenvalue weighted by Crippen LogP contribution is 2.37. The summed E-state index contributed by atoms with van der Waals surface area (Å²) >= 11 is 6.34. The molecule has 0 spiro atoms. The largest absolute Gasteiger partial charge is 0.490 e. The molecule has 0 bridgehead atoms. The van der Waals surface area contributed by atoms with Gasteiger partial charge in [-0.25, -0.2) is 9.59 Å². The third-order valence-corrected chi connectivity index (χ3v) is 6.01. The summed E-state index contributed by atoms with van der Waals surface area (Å²) < 4.78 is 27.6. The highest BCUT2D eigenvalue weighted by atomic mass is 35.5. The third kappa shape index (κ3) is 8.18. The molecule has 222 valence electrons. The molecule has 0 radical (unpaired) electrons. The van der Waals surface area contributed by atoms with E-state index in [-0.39, 0.29) is 12.2 Å². The lowest BCUT2D eigenvalue weighted by Crippen LogP contribution is -2.45. The van der Waals surface area contributed by atoms with E-state index < -0.39 is 24.3 Å². The molecule has 0 aliphatic carbocycles. The monoisotopic (exact) mass is 590 g/mol. The number of methoxy groups -OCH3 is 1. The van der Waals surface area contributed by atoms with Gasteiger partial charge in [-0.2, -0.15) is 5.10 Å². The van der Waals surface area contributed by atoms with E-state index in [0.29, 0.717) is 64.7 Å². The average Bonchev–Trinajstić information content (AvgIpc) is 2.93. The highest BCUT2D eigenvalue weighted by Gasteiger charge is 2.32. The number of hydrogen-bond donors (Lipinski definition) is 4. The third-order valence-electron chi connectivity index (χ3n) is 5.73. The van der Waals surface area contributed by atoms with Gasteiger partial charge in [0.15, 0.2) is 29.2 Å². The summed E-state index contributed by atoms with van der Waals surface area (Å²) in [6.45, 7) is 8.18. The number of halogens is 1. The van der Waals surface area contributed by atoms with E-state index in [9.17, 15) is 14.7 Å². The van der Waals surface area contributed by atoms with Gasteiger partial charge < -0.3 is 39.4 Å². The number of hydrogen-bond acceptors (Lipinski definition) is 10. The fourth-order valence-electron chi connectivity index (χ4n) is 4.03. The first-order valence-electron chi connectivity index (χ1n) is 13.0. The van der Waals surface area contributed by atoms with Crippen LogP contribution in [0.25, 0.3) is 0 Å². The van der Waals surface area contributed by atoms with E-state index in [1.165, 1.54) is 13.3 Å². The number of nitrogens with one attached hydrogen (secondary N) is 3. The number of carbonyl (C=O) groups excluding carboxylic acids is 2. The minimum Gasteiger partial charge on any atom is -0.490 e. The quantitative estimate of drug-likeness (QED) is 0.112. The van der Waals surface area contributed by atoms with Crippen LogP contribution in [0, 0.1) is 0 Å². The van der Waals surface area contributed by atoms with E-state index >= 15 is 0 Å². The maximum absolute atomic E-state index is 12.4. The number of aliphatic hydroxyl groups is 1. The average molecular weight is 591 g/mol. The van der Waals surface area contributed by atoms with Gasteiger partial charge in [0.1, 0.15) is 6.61 Å². The zero-order valence-electron chi connectivity index (χ0n) is 23.6. The molecule has 1 heterocycles. The van der Waals surface area contributed by atoms with E-state index in [2.05, 4.69) is 21.2 Å². The number of ether oxygens (including phenoxy) is 5. The van der Waals surface area contributed by atoms with Crippen LogP contribution in [0.2, 0.25) is 5.02 Å². The fourth-order valence-corrected chi connectivity index (χ4v) is 4.30. The van der Waals surface area contributed by atoms with E-state index in [0.717, 1.165) is 0 Å². The second-order valence-electron chi connectivity index (χ2n) is 8.61. The van der Waals surface area contributed by atoms with Gasteiger partial charge in [0.25, 0.3) is 0 Å². The van der Waals surface area contributed by atoms with E-state index in [4.69, 9.17) is 35.3 Å². The van der Waals surface area contributed by atoms with Crippen LogP contribution in [0.4, 0.5) is 4.79 Å². The molecule has 0 saturated carbocycles. The predicted octanol–water partition coefficient (Wildman–Crippen LogP) is 3.66. The van der Waals surface area contributed by atoms with Crippen molar-refractivity contribution < 1.29 is 38.4 Å². The van der Waals surface area contributed by atoms with Crippen molar-refractivity contribution in [3.8, 4) is 23.0 Å². The molecule has 12 nitrogen and oxygen atoms in total. The molecule has 2 aromatic rings. The van der Waals surface area contributed by atoms with Gasteiger partial charge in [-0.3, -0.25) is 5.43 Å². The van der Waals surface area contributed by atoms with Gasteiger partial charge in [0, 0.05) is 5.70 Å². The molecule has 0 unspecified atom stereocenters. The molecule has 1 aliphatic heterocycles. The first-order chi connectivity index (χ1) is 19.7. The van der Waals surface area contributed by atoms with Crippen LogP contribution in [-0.4, -0.2) is 63.1 Å². The number of rotatable bonds is 14. The molecule has 0 aromatic heterocycles. The Labute approximate surface area is 243 Å². The lowest BCUT2D eigenvalue weighted by atomic mass is 9.95. The molecule has 4 N–H and O–H groups in total. The second-order valence-corrected chi connectivity index (χ2v) is 9.02. The van der Waals surface area contributed by atoms with Gasteiger partial charge in [-0.15, -0.1) is 0 Å². The number of aliphatic hydroxyl groups excluding tert-OH is 1. The second kappa shape index (κ2) is 15.0. The van der Waals surface area contributed by atoms with Crippen molar-refractivity contribution in [3.05, 3.63) is 57.8 Å². The Kier molecular flexibility index (Phi) is 11.5. The lowest BCUT2D eigenvalue weighted by Gasteiger charge is -2.28. The van der Waals surface area contributed by atoms with Crippen LogP contribution >= 0.6 is 11.6 Å². The Morgan fingerprint density at radius 3 is 2.46 bits per heavy atom. The number of carbonyl (C=O) groups is 2. The Bertz CT molecular complexity index is 1300. The Balaban J connectivity index is 1.70. The normalized spacial score (nSPS) is 15.6. The van der Waals surface area contributed by atoms with Gasteiger partial charge >= 0.3 is 12.0 Å². The van der Waals surface area contributed by atoms with Crippen LogP contribution in [0.3, 0.4) is 0 Å². The summed E-state index contributed by atoms with van der Waals surface area (Å²) in [4.78, 5) is 24.5. The molecule has 0 saturated heterocycles. The molecule has 3 rings (SSSR count). The number of esters is 1. The maximum Gasteiger partial charge on any atom is 0.337 e. The molecule has 13 heteroatoms. The van der Waals surface area contributed by atoms with Crippen LogP contribution in [0.1, 0.15) is 44.9 Å². The molecular formula is C28H35ClN4O8. The summed E-state index contributed by atoms with van der Waals surface area (Å²) in [5.74, 6) is 1.09. The summed E-state index contributed by atoms with van der Waals surface area (Å²) in [6, 6.07) is 7.18. The fraction of sp³-hybridized carbons (Fsp3) is 0.393. The molecule has 2 atom stereocenters. The van der Waals surface area contributed by atoms with Gasteiger partial charge in [0.2, 0.25) is 0 Å². The van der Waals surface area contributed by atoms with Crippen molar-refractivity contribution >= 4 is 29.8 Å². The topological polar surface area (TPSA) is 149 Å². The van der Waals surface area contributed by atoms with Crippen molar-refractivity contribution in [1.82, 2.24) is 16.1 Å². The zero-order chi connectivity index (χ0) is 29.9. The van der Waals surface area contributed by atoms with Crippen LogP contribution in [0.5, 0.6) is 23.0 Å².